The fourth-order valence-corrected chi connectivity index (χ4v) is 3.52. The molecule has 0 aliphatic heterocycles. The molecule has 2 heteroatoms. The van der Waals surface area contributed by atoms with E-state index in [0.29, 0.717) is 0 Å². The molecule has 3 aromatic rings. The molecule has 0 atom stereocenters. The first-order chi connectivity index (χ1) is 12.4. The minimum absolute atomic E-state index is 0. The van der Waals surface area contributed by atoms with Crippen molar-refractivity contribution in [3.63, 3.8) is 0 Å². The fourth-order valence-electron chi connectivity index (χ4n) is 3.52. The van der Waals surface area contributed by atoms with Crippen LogP contribution in [0.25, 0.3) is 0 Å². The van der Waals surface area contributed by atoms with Crippen molar-refractivity contribution in [2.45, 2.75) is 31.7 Å². The van der Waals surface area contributed by atoms with E-state index in [1.807, 2.05) is 0 Å². The van der Waals surface area contributed by atoms with E-state index in [-0.39, 0.29) is 22.5 Å². The van der Waals surface area contributed by atoms with Crippen molar-refractivity contribution in [1.82, 2.24) is 5.32 Å². The van der Waals surface area contributed by atoms with Gasteiger partial charge in [-0.2, -0.15) is 0 Å². The number of rotatable bonds is 8. The molecule has 1 nitrogen and oxygen atoms in total. The van der Waals surface area contributed by atoms with Crippen LogP contribution in [0.1, 0.15) is 42.9 Å². The van der Waals surface area contributed by atoms with Gasteiger partial charge in [0, 0.05) is 0 Å². The molecule has 0 saturated carbocycles. The Morgan fingerprint density at radius 3 is 1.35 bits per heavy atom. The summed E-state index contributed by atoms with van der Waals surface area (Å²) < 4.78 is 0. The molecular weight excluding hydrogens is 382 g/mol. The summed E-state index contributed by atoms with van der Waals surface area (Å²) in [6, 6.07) is 32.4. The second-order valence-corrected chi connectivity index (χ2v) is 6.48. The maximum atomic E-state index is 3.92. The molecule has 3 rings (SSSR count). The average Bonchev–Trinajstić information content (AvgIpc) is 2.70. The lowest BCUT2D eigenvalue weighted by Crippen LogP contribution is -2.45. The smallest absolute Gasteiger partial charge is 0.0947 e. The Kier molecular flexibility index (Phi) is 8.08. The van der Waals surface area contributed by atoms with E-state index in [4.69, 9.17) is 0 Å². The van der Waals surface area contributed by atoms with Crippen LogP contribution < -0.4 is 5.32 Å². The highest BCUT2D eigenvalue weighted by Gasteiger charge is 2.35. The maximum absolute atomic E-state index is 3.92. The second-order valence-electron chi connectivity index (χ2n) is 6.48. The van der Waals surface area contributed by atoms with Crippen molar-refractivity contribution >= 4 is 17.0 Å². The van der Waals surface area contributed by atoms with Crippen molar-refractivity contribution in [1.29, 1.82) is 0 Å². The van der Waals surface area contributed by atoms with Crippen molar-refractivity contribution in [2.24, 2.45) is 0 Å². The number of hydrogen-bond acceptors (Lipinski definition) is 1. The highest BCUT2D eigenvalue weighted by atomic mass is 79.9. The summed E-state index contributed by atoms with van der Waals surface area (Å²) in [5.74, 6) is 0. The minimum Gasteiger partial charge on any atom is -0.300 e. The molecule has 0 bridgehead atoms. The lowest BCUT2D eigenvalue weighted by Gasteiger charge is -2.37. The van der Waals surface area contributed by atoms with E-state index < -0.39 is 0 Å². The number of benzene rings is 3. The van der Waals surface area contributed by atoms with Crippen LogP contribution in [0.3, 0.4) is 0 Å². The lowest BCUT2D eigenvalue weighted by molar-refractivity contribution is 0.459. The molecule has 0 aliphatic carbocycles. The van der Waals surface area contributed by atoms with Crippen molar-refractivity contribution in [2.75, 3.05) is 6.54 Å². The molecule has 0 saturated heterocycles. The summed E-state index contributed by atoms with van der Waals surface area (Å²) in [7, 11) is 0. The third kappa shape index (κ3) is 4.44. The Labute approximate surface area is 168 Å². The summed E-state index contributed by atoms with van der Waals surface area (Å²) in [4.78, 5) is 0. The largest absolute Gasteiger partial charge is 0.300 e. The van der Waals surface area contributed by atoms with Gasteiger partial charge >= 0.3 is 0 Å². The molecular formula is C24H28BrN. The van der Waals surface area contributed by atoms with E-state index in [2.05, 4.69) is 103 Å². The number of halogens is 1. The standard InChI is InChI=1S/C24H27N.BrH/c1-2-3-13-20-25-24(21-14-7-4-8-15-21,22-16-9-5-10-17-22)23-18-11-6-12-19-23;/h4-12,14-19,25H,2-3,13,20H2,1H3;1H. The van der Waals surface area contributed by atoms with Crippen LogP contribution in [0, 0.1) is 0 Å². The highest BCUT2D eigenvalue weighted by Crippen LogP contribution is 2.36. The Hall–Kier alpha value is -1.90. The van der Waals surface area contributed by atoms with E-state index in [9.17, 15) is 0 Å². The first-order valence-electron chi connectivity index (χ1n) is 9.29. The Balaban J connectivity index is 0.00000243. The summed E-state index contributed by atoms with van der Waals surface area (Å²) >= 11 is 0. The van der Waals surface area contributed by atoms with Crippen molar-refractivity contribution in [3.05, 3.63) is 108 Å². The Morgan fingerprint density at radius 1 is 0.615 bits per heavy atom. The number of unbranched alkanes of at least 4 members (excludes halogenated alkanes) is 2. The molecule has 0 fully saturated rings. The zero-order valence-corrected chi connectivity index (χ0v) is 17.1. The first kappa shape index (κ1) is 20.4. The maximum Gasteiger partial charge on any atom is 0.0947 e. The average molecular weight is 410 g/mol. The molecule has 136 valence electrons. The molecule has 3 aromatic carbocycles. The molecule has 26 heavy (non-hydrogen) atoms. The molecule has 1 N–H and O–H groups in total. The van der Waals surface area contributed by atoms with Gasteiger partial charge in [-0.25, -0.2) is 0 Å². The third-order valence-corrected chi connectivity index (χ3v) is 4.79. The molecule has 0 unspecified atom stereocenters. The van der Waals surface area contributed by atoms with Crippen LogP contribution in [-0.4, -0.2) is 6.54 Å². The first-order valence-corrected chi connectivity index (χ1v) is 9.29. The normalized spacial score (nSPS) is 11.0. The van der Waals surface area contributed by atoms with Crippen LogP contribution in [-0.2, 0) is 5.54 Å². The van der Waals surface area contributed by atoms with Gasteiger partial charge < -0.3 is 0 Å². The van der Waals surface area contributed by atoms with Gasteiger partial charge in [-0.1, -0.05) is 111 Å². The third-order valence-electron chi connectivity index (χ3n) is 4.79. The van der Waals surface area contributed by atoms with E-state index in [0.717, 1.165) is 6.54 Å². The predicted octanol–water partition coefficient (Wildman–Crippen LogP) is 6.34. The summed E-state index contributed by atoms with van der Waals surface area (Å²) in [5.41, 5.74) is 3.52. The van der Waals surface area contributed by atoms with E-state index in [1.54, 1.807) is 0 Å². The van der Waals surface area contributed by atoms with Crippen LogP contribution in [0.2, 0.25) is 0 Å². The monoisotopic (exact) mass is 409 g/mol. The SMILES string of the molecule is Br.CCCCCNC(c1ccccc1)(c1ccccc1)c1ccccc1. The molecule has 0 amide bonds. The highest BCUT2D eigenvalue weighted by molar-refractivity contribution is 8.93. The van der Waals surface area contributed by atoms with Gasteiger partial charge in [0.05, 0.1) is 5.54 Å². The zero-order valence-electron chi connectivity index (χ0n) is 15.4. The van der Waals surface area contributed by atoms with Gasteiger partial charge in [0.15, 0.2) is 0 Å². The van der Waals surface area contributed by atoms with Gasteiger partial charge in [0.1, 0.15) is 0 Å². The molecule has 0 aliphatic rings. The Morgan fingerprint density at radius 2 is 1.00 bits per heavy atom. The van der Waals surface area contributed by atoms with Crippen LogP contribution >= 0.6 is 17.0 Å². The van der Waals surface area contributed by atoms with Crippen LogP contribution in [0.4, 0.5) is 0 Å². The summed E-state index contributed by atoms with van der Waals surface area (Å²) in [6.07, 6.45) is 3.67. The van der Waals surface area contributed by atoms with Crippen molar-refractivity contribution < 1.29 is 0 Å². The minimum atomic E-state index is -0.322. The van der Waals surface area contributed by atoms with Crippen LogP contribution in [0.5, 0.6) is 0 Å². The van der Waals surface area contributed by atoms with Crippen molar-refractivity contribution in [3.8, 4) is 0 Å². The Bertz CT molecular complexity index is 644. The number of nitrogens with one attached hydrogen (secondary N) is 1. The van der Waals surface area contributed by atoms with Gasteiger partial charge in [-0.15, -0.1) is 17.0 Å². The van der Waals surface area contributed by atoms with Gasteiger partial charge in [0.2, 0.25) is 0 Å². The quantitative estimate of drug-likeness (QED) is 0.338. The van der Waals surface area contributed by atoms with Gasteiger partial charge in [-0.3, -0.25) is 5.32 Å². The predicted molar refractivity (Wildman–Crippen MR) is 117 cm³/mol. The molecule has 0 heterocycles. The van der Waals surface area contributed by atoms with E-state index >= 15 is 0 Å². The summed E-state index contributed by atoms with van der Waals surface area (Å²) in [5, 5.41) is 3.92. The molecule has 0 spiro atoms. The van der Waals surface area contributed by atoms with Gasteiger partial charge in [-0.05, 0) is 29.7 Å². The zero-order chi connectivity index (χ0) is 17.4. The molecule has 0 aromatic heterocycles. The molecule has 0 radical (unpaired) electrons. The number of hydrogen-bond donors (Lipinski definition) is 1. The summed E-state index contributed by atoms with van der Waals surface area (Å²) in [6.45, 7) is 3.24. The second kappa shape index (κ2) is 10.3. The van der Waals surface area contributed by atoms with E-state index in [1.165, 1.54) is 36.0 Å². The lowest BCUT2D eigenvalue weighted by atomic mass is 9.77. The van der Waals surface area contributed by atoms with Crippen LogP contribution in [0.15, 0.2) is 91.0 Å². The topological polar surface area (TPSA) is 12.0 Å². The fraction of sp³-hybridized carbons (Fsp3) is 0.250. The van der Waals surface area contributed by atoms with Gasteiger partial charge in [0.25, 0.3) is 0 Å².